The van der Waals surface area contributed by atoms with Crippen molar-refractivity contribution in [2.24, 2.45) is 5.92 Å². The first-order chi connectivity index (χ1) is 6.92. The van der Waals surface area contributed by atoms with Crippen LogP contribution in [0.25, 0.3) is 0 Å². The second kappa shape index (κ2) is 4.60. The Hall–Kier alpha value is -1.12. The standard InChI is InChI=1S/C12H18O3/c1-9(13)15-12(2,3)10-6-4-5-7-11(14)8-10/h5,7,10H,4,6,8H2,1-3H3. The van der Waals surface area contributed by atoms with Crippen molar-refractivity contribution in [2.45, 2.75) is 45.6 Å². The Labute approximate surface area is 90.5 Å². The van der Waals surface area contributed by atoms with Gasteiger partial charge in [0.1, 0.15) is 5.60 Å². The normalized spacial score (nSPS) is 22.3. The van der Waals surface area contributed by atoms with Gasteiger partial charge >= 0.3 is 5.97 Å². The number of esters is 1. The number of ether oxygens (including phenoxy) is 1. The van der Waals surface area contributed by atoms with E-state index in [1.54, 1.807) is 6.08 Å². The average Bonchev–Trinajstić information content (AvgIpc) is 2.27. The fourth-order valence-electron chi connectivity index (χ4n) is 1.97. The lowest BCUT2D eigenvalue weighted by molar-refractivity contribution is -0.160. The van der Waals surface area contributed by atoms with Crippen LogP contribution in [0, 0.1) is 5.92 Å². The van der Waals surface area contributed by atoms with E-state index in [2.05, 4.69) is 0 Å². The predicted octanol–water partition coefficient (Wildman–Crippen LogP) is 2.25. The molecule has 1 rings (SSSR count). The number of carbonyl (C=O) groups is 2. The van der Waals surface area contributed by atoms with Crippen LogP contribution in [0.2, 0.25) is 0 Å². The molecule has 0 saturated carbocycles. The highest BCUT2D eigenvalue weighted by molar-refractivity contribution is 5.90. The molecule has 1 unspecified atom stereocenters. The number of hydrogen-bond acceptors (Lipinski definition) is 3. The number of ketones is 1. The van der Waals surface area contributed by atoms with Crippen molar-refractivity contribution in [1.29, 1.82) is 0 Å². The fourth-order valence-corrected chi connectivity index (χ4v) is 1.97. The van der Waals surface area contributed by atoms with E-state index in [1.807, 2.05) is 19.9 Å². The Bertz CT molecular complexity index is 289. The summed E-state index contributed by atoms with van der Waals surface area (Å²) in [5.41, 5.74) is -0.548. The van der Waals surface area contributed by atoms with Gasteiger partial charge in [-0.1, -0.05) is 6.08 Å². The summed E-state index contributed by atoms with van der Waals surface area (Å²) in [6, 6.07) is 0. The molecule has 0 amide bonds. The first kappa shape index (κ1) is 12.0. The Morgan fingerprint density at radius 3 is 2.80 bits per heavy atom. The smallest absolute Gasteiger partial charge is 0.303 e. The molecule has 0 radical (unpaired) electrons. The van der Waals surface area contributed by atoms with E-state index in [1.165, 1.54) is 6.92 Å². The maximum atomic E-state index is 11.4. The zero-order valence-corrected chi connectivity index (χ0v) is 9.58. The van der Waals surface area contributed by atoms with Crippen molar-refractivity contribution in [3.8, 4) is 0 Å². The molecule has 0 aromatic heterocycles. The average molecular weight is 210 g/mol. The van der Waals surface area contributed by atoms with E-state index < -0.39 is 5.60 Å². The van der Waals surface area contributed by atoms with Crippen molar-refractivity contribution in [3.63, 3.8) is 0 Å². The molecule has 0 saturated heterocycles. The summed E-state index contributed by atoms with van der Waals surface area (Å²) < 4.78 is 5.26. The first-order valence-corrected chi connectivity index (χ1v) is 5.31. The van der Waals surface area contributed by atoms with Gasteiger partial charge in [-0.3, -0.25) is 9.59 Å². The minimum absolute atomic E-state index is 0.115. The van der Waals surface area contributed by atoms with Crippen LogP contribution in [0.3, 0.4) is 0 Å². The predicted molar refractivity (Wildman–Crippen MR) is 57.3 cm³/mol. The van der Waals surface area contributed by atoms with Crippen LogP contribution in [0.4, 0.5) is 0 Å². The van der Waals surface area contributed by atoms with E-state index in [4.69, 9.17) is 4.74 Å². The maximum Gasteiger partial charge on any atom is 0.303 e. The van der Waals surface area contributed by atoms with Crippen LogP contribution in [-0.2, 0) is 14.3 Å². The van der Waals surface area contributed by atoms with Crippen molar-refractivity contribution >= 4 is 11.8 Å². The van der Waals surface area contributed by atoms with Gasteiger partial charge in [0, 0.05) is 19.3 Å². The third kappa shape index (κ3) is 3.50. The second-order valence-electron chi connectivity index (χ2n) is 4.54. The Morgan fingerprint density at radius 1 is 1.53 bits per heavy atom. The van der Waals surface area contributed by atoms with Crippen molar-refractivity contribution in [1.82, 2.24) is 0 Å². The summed E-state index contributed by atoms with van der Waals surface area (Å²) in [7, 11) is 0. The van der Waals surface area contributed by atoms with E-state index in [0.717, 1.165) is 12.8 Å². The van der Waals surface area contributed by atoms with Crippen LogP contribution >= 0.6 is 0 Å². The van der Waals surface area contributed by atoms with Gasteiger partial charge in [0.2, 0.25) is 0 Å². The zero-order valence-electron chi connectivity index (χ0n) is 9.58. The molecule has 1 aliphatic carbocycles. The summed E-state index contributed by atoms with van der Waals surface area (Å²) in [5, 5.41) is 0. The molecule has 0 aromatic carbocycles. The van der Waals surface area contributed by atoms with Gasteiger partial charge in [0.15, 0.2) is 5.78 Å². The van der Waals surface area contributed by atoms with Crippen LogP contribution in [0.15, 0.2) is 12.2 Å². The van der Waals surface area contributed by atoms with Gasteiger partial charge in [-0.2, -0.15) is 0 Å². The molecule has 0 N–H and O–H groups in total. The summed E-state index contributed by atoms with van der Waals surface area (Å²) in [6.07, 6.45) is 5.76. The first-order valence-electron chi connectivity index (χ1n) is 5.31. The Morgan fingerprint density at radius 2 is 2.20 bits per heavy atom. The van der Waals surface area contributed by atoms with Gasteiger partial charge in [-0.05, 0) is 32.8 Å². The lowest BCUT2D eigenvalue weighted by Gasteiger charge is -2.32. The van der Waals surface area contributed by atoms with Gasteiger partial charge in [-0.25, -0.2) is 0 Å². The minimum atomic E-state index is -0.548. The maximum absolute atomic E-state index is 11.4. The monoisotopic (exact) mass is 210 g/mol. The Kier molecular flexibility index (Phi) is 3.66. The van der Waals surface area contributed by atoms with Crippen LogP contribution in [0.1, 0.15) is 40.0 Å². The van der Waals surface area contributed by atoms with Crippen LogP contribution in [-0.4, -0.2) is 17.4 Å². The summed E-state index contributed by atoms with van der Waals surface area (Å²) in [6.45, 7) is 5.15. The highest BCUT2D eigenvalue weighted by Gasteiger charge is 2.33. The van der Waals surface area contributed by atoms with Gasteiger partial charge in [0.25, 0.3) is 0 Å². The molecule has 1 aliphatic rings. The molecule has 0 fully saturated rings. The second-order valence-corrected chi connectivity index (χ2v) is 4.54. The van der Waals surface area contributed by atoms with Gasteiger partial charge in [0.05, 0.1) is 0 Å². The summed E-state index contributed by atoms with van der Waals surface area (Å²) >= 11 is 0. The van der Waals surface area contributed by atoms with E-state index in [-0.39, 0.29) is 17.7 Å². The highest BCUT2D eigenvalue weighted by atomic mass is 16.6. The number of hydrogen-bond donors (Lipinski definition) is 0. The number of rotatable bonds is 2. The van der Waals surface area contributed by atoms with E-state index in [9.17, 15) is 9.59 Å². The molecular weight excluding hydrogens is 192 g/mol. The van der Waals surface area contributed by atoms with Crippen molar-refractivity contribution in [2.75, 3.05) is 0 Å². The highest BCUT2D eigenvalue weighted by Crippen LogP contribution is 2.30. The van der Waals surface area contributed by atoms with Crippen molar-refractivity contribution in [3.05, 3.63) is 12.2 Å². The van der Waals surface area contributed by atoms with Crippen LogP contribution < -0.4 is 0 Å². The molecule has 15 heavy (non-hydrogen) atoms. The molecule has 1 atom stereocenters. The van der Waals surface area contributed by atoms with Gasteiger partial charge < -0.3 is 4.74 Å². The minimum Gasteiger partial charge on any atom is -0.460 e. The fraction of sp³-hybridized carbons (Fsp3) is 0.667. The molecule has 84 valence electrons. The molecule has 0 bridgehead atoms. The van der Waals surface area contributed by atoms with Crippen LogP contribution in [0.5, 0.6) is 0 Å². The molecule has 0 aliphatic heterocycles. The molecule has 0 heterocycles. The Balaban J connectivity index is 2.69. The largest absolute Gasteiger partial charge is 0.460 e. The molecular formula is C12H18O3. The summed E-state index contributed by atoms with van der Waals surface area (Å²) in [4.78, 5) is 22.3. The van der Waals surface area contributed by atoms with Crippen molar-refractivity contribution < 1.29 is 14.3 Å². The lowest BCUT2D eigenvalue weighted by Crippen LogP contribution is -2.36. The molecule has 3 nitrogen and oxygen atoms in total. The van der Waals surface area contributed by atoms with E-state index in [0.29, 0.717) is 6.42 Å². The summed E-state index contributed by atoms with van der Waals surface area (Å²) in [5.74, 6) is -0.0497. The molecule has 0 spiro atoms. The quantitative estimate of drug-likeness (QED) is 0.656. The van der Waals surface area contributed by atoms with E-state index >= 15 is 0 Å². The molecule has 3 heteroatoms. The molecule has 0 aromatic rings. The third-order valence-corrected chi connectivity index (χ3v) is 2.82. The van der Waals surface area contributed by atoms with Gasteiger partial charge in [-0.15, -0.1) is 0 Å². The lowest BCUT2D eigenvalue weighted by atomic mass is 9.84. The number of allylic oxidation sites excluding steroid dienone is 2. The zero-order chi connectivity index (χ0) is 11.5. The number of carbonyl (C=O) groups excluding carboxylic acids is 2. The topological polar surface area (TPSA) is 43.4 Å². The third-order valence-electron chi connectivity index (χ3n) is 2.82. The SMILES string of the molecule is CC(=O)OC(C)(C)C1CCC=CC(=O)C1.